The maximum atomic E-state index is 13.0. The van der Waals surface area contributed by atoms with Crippen molar-refractivity contribution in [3.8, 4) is 0 Å². The highest BCUT2D eigenvalue weighted by Gasteiger charge is 2.11. The molecule has 0 aliphatic heterocycles. The summed E-state index contributed by atoms with van der Waals surface area (Å²) in [6.07, 6.45) is 1.76. The lowest BCUT2D eigenvalue weighted by Gasteiger charge is -2.21. The highest BCUT2D eigenvalue weighted by Crippen LogP contribution is 2.27. The van der Waals surface area contributed by atoms with Crippen molar-refractivity contribution in [1.29, 1.82) is 0 Å². The molecule has 5 heteroatoms. The third-order valence-electron chi connectivity index (χ3n) is 2.81. The standard InChI is InChI=1S/C14H15BrFN3/c1-17-8-10-7-11(15)9-18-14(10)19(2)13-5-3-12(16)4-6-13/h3-7,9,17H,8H2,1-2H3. The Morgan fingerprint density at radius 1 is 1.32 bits per heavy atom. The Kier molecular flexibility index (Phi) is 4.50. The van der Waals surface area contributed by atoms with Crippen LogP contribution in [-0.4, -0.2) is 19.1 Å². The SMILES string of the molecule is CNCc1cc(Br)cnc1N(C)c1ccc(F)cc1. The van der Waals surface area contributed by atoms with E-state index in [-0.39, 0.29) is 5.82 Å². The first kappa shape index (κ1) is 14.0. The third kappa shape index (κ3) is 3.30. The molecule has 0 radical (unpaired) electrons. The van der Waals surface area contributed by atoms with Crippen LogP contribution >= 0.6 is 15.9 Å². The van der Waals surface area contributed by atoms with Gasteiger partial charge in [-0.3, -0.25) is 0 Å². The average molecular weight is 324 g/mol. The molecule has 1 heterocycles. The summed E-state index contributed by atoms with van der Waals surface area (Å²) in [7, 11) is 3.81. The minimum Gasteiger partial charge on any atom is -0.329 e. The lowest BCUT2D eigenvalue weighted by molar-refractivity contribution is 0.628. The minimum atomic E-state index is -0.239. The molecule has 1 N–H and O–H groups in total. The van der Waals surface area contributed by atoms with Gasteiger partial charge in [-0.05, 0) is 53.3 Å². The lowest BCUT2D eigenvalue weighted by atomic mass is 10.2. The van der Waals surface area contributed by atoms with Crippen molar-refractivity contribution < 1.29 is 4.39 Å². The second-order valence-corrected chi connectivity index (χ2v) is 5.12. The molecule has 100 valence electrons. The molecule has 0 saturated carbocycles. The van der Waals surface area contributed by atoms with E-state index in [4.69, 9.17) is 0 Å². The molecule has 0 atom stereocenters. The molecule has 2 rings (SSSR count). The summed E-state index contributed by atoms with van der Waals surface area (Å²) < 4.78 is 13.9. The number of aromatic nitrogens is 1. The molecule has 19 heavy (non-hydrogen) atoms. The number of anilines is 2. The van der Waals surface area contributed by atoms with Crippen LogP contribution in [0.25, 0.3) is 0 Å². The van der Waals surface area contributed by atoms with Crippen molar-refractivity contribution >= 4 is 27.4 Å². The van der Waals surface area contributed by atoms with Crippen LogP contribution < -0.4 is 10.2 Å². The van der Waals surface area contributed by atoms with Crippen LogP contribution in [0.2, 0.25) is 0 Å². The Hall–Kier alpha value is -1.46. The van der Waals surface area contributed by atoms with E-state index in [0.29, 0.717) is 6.54 Å². The molecule has 0 aliphatic rings. The summed E-state index contributed by atoms with van der Waals surface area (Å²) in [6, 6.07) is 8.40. The van der Waals surface area contributed by atoms with Crippen molar-refractivity contribution in [2.24, 2.45) is 0 Å². The number of halogens is 2. The van der Waals surface area contributed by atoms with Gasteiger partial charge in [0, 0.05) is 35.5 Å². The Bertz CT molecular complexity index is 557. The normalized spacial score (nSPS) is 10.5. The van der Waals surface area contributed by atoms with Gasteiger partial charge in [-0.25, -0.2) is 9.37 Å². The van der Waals surface area contributed by atoms with E-state index in [1.54, 1.807) is 18.3 Å². The van der Waals surface area contributed by atoms with Gasteiger partial charge >= 0.3 is 0 Å². The van der Waals surface area contributed by atoms with Gasteiger partial charge < -0.3 is 10.2 Å². The highest BCUT2D eigenvalue weighted by atomic mass is 79.9. The molecule has 0 bridgehead atoms. The molecule has 1 aromatic carbocycles. The fraction of sp³-hybridized carbons (Fsp3) is 0.214. The Morgan fingerprint density at radius 3 is 2.63 bits per heavy atom. The van der Waals surface area contributed by atoms with Gasteiger partial charge in [0.2, 0.25) is 0 Å². The quantitative estimate of drug-likeness (QED) is 0.933. The summed E-state index contributed by atoms with van der Waals surface area (Å²) in [5.41, 5.74) is 1.97. The van der Waals surface area contributed by atoms with Gasteiger partial charge in [0.25, 0.3) is 0 Å². The summed E-state index contributed by atoms with van der Waals surface area (Å²) >= 11 is 3.42. The Labute approximate surface area is 120 Å². The van der Waals surface area contributed by atoms with E-state index >= 15 is 0 Å². The molecule has 2 aromatic rings. The average Bonchev–Trinajstić information content (AvgIpc) is 2.39. The van der Waals surface area contributed by atoms with Crippen LogP contribution in [0, 0.1) is 5.82 Å². The number of pyridine rings is 1. The van der Waals surface area contributed by atoms with E-state index in [1.807, 2.05) is 25.1 Å². The summed E-state index contributed by atoms with van der Waals surface area (Å²) in [5.74, 6) is 0.612. The van der Waals surface area contributed by atoms with Crippen molar-refractivity contribution in [2.75, 3.05) is 19.0 Å². The van der Waals surface area contributed by atoms with E-state index in [2.05, 4.69) is 26.2 Å². The predicted molar refractivity (Wildman–Crippen MR) is 79.2 cm³/mol. The number of benzene rings is 1. The first-order valence-electron chi connectivity index (χ1n) is 5.90. The van der Waals surface area contributed by atoms with E-state index in [1.165, 1.54) is 12.1 Å². The first-order valence-corrected chi connectivity index (χ1v) is 6.69. The smallest absolute Gasteiger partial charge is 0.137 e. The van der Waals surface area contributed by atoms with Crippen LogP contribution in [0.4, 0.5) is 15.9 Å². The van der Waals surface area contributed by atoms with Gasteiger partial charge in [-0.2, -0.15) is 0 Å². The van der Waals surface area contributed by atoms with Crippen LogP contribution in [0.3, 0.4) is 0 Å². The van der Waals surface area contributed by atoms with E-state index in [9.17, 15) is 4.39 Å². The maximum Gasteiger partial charge on any atom is 0.137 e. The molecule has 0 unspecified atom stereocenters. The van der Waals surface area contributed by atoms with Crippen molar-refractivity contribution in [3.63, 3.8) is 0 Å². The van der Waals surface area contributed by atoms with Crippen LogP contribution in [0.5, 0.6) is 0 Å². The third-order valence-corrected chi connectivity index (χ3v) is 3.24. The zero-order valence-electron chi connectivity index (χ0n) is 10.8. The topological polar surface area (TPSA) is 28.2 Å². The van der Waals surface area contributed by atoms with Crippen LogP contribution in [0.15, 0.2) is 41.0 Å². The van der Waals surface area contributed by atoms with Crippen LogP contribution in [0.1, 0.15) is 5.56 Å². The molecular formula is C14H15BrFN3. The lowest BCUT2D eigenvalue weighted by Crippen LogP contribution is -2.16. The molecule has 3 nitrogen and oxygen atoms in total. The van der Waals surface area contributed by atoms with Crippen molar-refractivity contribution in [1.82, 2.24) is 10.3 Å². The zero-order chi connectivity index (χ0) is 13.8. The molecule has 0 saturated heterocycles. The molecule has 1 aromatic heterocycles. The van der Waals surface area contributed by atoms with Crippen LogP contribution in [-0.2, 0) is 6.54 Å². The summed E-state index contributed by atoms with van der Waals surface area (Å²) in [4.78, 5) is 6.38. The number of rotatable bonds is 4. The molecule has 0 spiro atoms. The summed E-state index contributed by atoms with van der Waals surface area (Å²) in [6.45, 7) is 0.716. The first-order chi connectivity index (χ1) is 9.11. The Morgan fingerprint density at radius 2 is 2.00 bits per heavy atom. The molecular weight excluding hydrogens is 309 g/mol. The monoisotopic (exact) mass is 323 g/mol. The van der Waals surface area contributed by atoms with Crippen molar-refractivity contribution in [2.45, 2.75) is 6.54 Å². The number of hydrogen-bond acceptors (Lipinski definition) is 3. The number of hydrogen-bond donors (Lipinski definition) is 1. The second kappa shape index (κ2) is 6.12. The van der Waals surface area contributed by atoms with Gasteiger partial charge in [0.1, 0.15) is 11.6 Å². The van der Waals surface area contributed by atoms with Crippen molar-refractivity contribution in [3.05, 3.63) is 52.4 Å². The largest absolute Gasteiger partial charge is 0.329 e. The van der Waals surface area contributed by atoms with Gasteiger partial charge in [-0.15, -0.1) is 0 Å². The van der Waals surface area contributed by atoms with E-state index in [0.717, 1.165) is 21.5 Å². The highest BCUT2D eigenvalue weighted by molar-refractivity contribution is 9.10. The van der Waals surface area contributed by atoms with Gasteiger partial charge in [0.15, 0.2) is 0 Å². The molecule has 0 aliphatic carbocycles. The molecule has 0 fully saturated rings. The Balaban J connectivity index is 2.37. The molecule has 0 amide bonds. The van der Waals surface area contributed by atoms with Gasteiger partial charge in [-0.1, -0.05) is 0 Å². The predicted octanol–water partition coefficient (Wildman–Crippen LogP) is 3.47. The number of nitrogens with zero attached hydrogens (tertiary/aromatic N) is 2. The number of nitrogens with one attached hydrogen (secondary N) is 1. The summed E-state index contributed by atoms with van der Waals surface area (Å²) in [5, 5.41) is 3.12. The fourth-order valence-corrected chi connectivity index (χ4v) is 2.26. The second-order valence-electron chi connectivity index (χ2n) is 4.20. The fourth-order valence-electron chi connectivity index (χ4n) is 1.88. The zero-order valence-corrected chi connectivity index (χ0v) is 12.4. The van der Waals surface area contributed by atoms with Gasteiger partial charge in [0.05, 0.1) is 0 Å². The minimum absolute atomic E-state index is 0.239. The maximum absolute atomic E-state index is 13.0. The van der Waals surface area contributed by atoms with E-state index < -0.39 is 0 Å².